The number of rotatable bonds is 3. The van der Waals surface area contributed by atoms with Gasteiger partial charge in [-0.2, -0.15) is 11.8 Å². The minimum atomic E-state index is -0.315. The van der Waals surface area contributed by atoms with Crippen molar-refractivity contribution >= 4 is 28.5 Å². The molecular formula is C10H12N2O2S. The van der Waals surface area contributed by atoms with Crippen molar-refractivity contribution in [1.29, 1.82) is 0 Å². The van der Waals surface area contributed by atoms with E-state index in [4.69, 9.17) is 10.2 Å². The average molecular weight is 224 g/mol. The van der Waals surface area contributed by atoms with Crippen LogP contribution in [-0.2, 0) is 6.54 Å². The minimum Gasteiger partial charge on any atom is -0.408 e. The zero-order valence-corrected chi connectivity index (χ0v) is 9.21. The average Bonchev–Trinajstić information content (AvgIpc) is 2.51. The molecule has 2 rings (SSSR count). The molecular weight excluding hydrogens is 212 g/mol. The molecule has 0 saturated carbocycles. The highest BCUT2D eigenvalue weighted by molar-refractivity contribution is 7.98. The molecule has 15 heavy (non-hydrogen) atoms. The Kier molecular flexibility index (Phi) is 2.73. The topological polar surface area (TPSA) is 61.2 Å². The molecule has 80 valence electrons. The van der Waals surface area contributed by atoms with Gasteiger partial charge in [0.25, 0.3) is 0 Å². The minimum absolute atomic E-state index is 0.315. The lowest BCUT2D eigenvalue weighted by Gasteiger charge is -2.00. The van der Waals surface area contributed by atoms with E-state index < -0.39 is 0 Å². The van der Waals surface area contributed by atoms with Crippen LogP contribution in [0.5, 0.6) is 0 Å². The molecule has 0 radical (unpaired) electrons. The van der Waals surface area contributed by atoms with Gasteiger partial charge in [0, 0.05) is 18.0 Å². The number of hydrogen-bond donors (Lipinski definition) is 1. The van der Waals surface area contributed by atoms with Crippen LogP contribution in [0.25, 0.3) is 11.1 Å². The lowest BCUT2D eigenvalue weighted by molar-refractivity contribution is 0.514. The van der Waals surface area contributed by atoms with E-state index in [9.17, 15) is 4.79 Å². The molecule has 0 bridgehead atoms. The van der Waals surface area contributed by atoms with E-state index in [2.05, 4.69) is 0 Å². The number of hydrogen-bond acceptors (Lipinski definition) is 4. The van der Waals surface area contributed by atoms with Crippen LogP contribution in [0.4, 0.5) is 5.69 Å². The Labute approximate surface area is 91.1 Å². The van der Waals surface area contributed by atoms with Gasteiger partial charge in [-0.15, -0.1) is 0 Å². The van der Waals surface area contributed by atoms with Gasteiger partial charge in [0.15, 0.2) is 5.58 Å². The lowest BCUT2D eigenvalue weighted by atomic mass is 10.3. The van der Waals surface area contributed by atoms with Crippen LogP contribution in [0, 0.1) is 0 Å². The smallest absolute Gasteiger partial charge is 0.408 e. The summed E-state index contributed by atoms with van der Waals surface area (Å²) in [6, 6.07) is 5.21. The monoisotopic (exact) mass is 224 g/mol. The van der Waals surface area contributed by atoms with Crippen molar-refractivity contribution < 1.29 is 4.42 Å². The second kappa shape index (κ2) is 4.02. The third-order valence-electron chi connectivity index (χ3n) is 2.21. The van der Waals surface area contributed by atoms with Crippen LogP contribution in [-0.4, -0.2) is 16.6 Å². The van der Waals surface area contributed by atoms with Crippen LogP contribution < -0.4 is 11.5 Å². The zero-order valence-electron chi connectivity index (χ0n) is 8.40. The number of anilines is 1. The molecule has 0 saturated heterocycles. The summed E-state index contributed by atoms with van der Waals surface area (Å²) in [6.07, 6.45) is 2.00. The molecule has 2 aromatic rings. The number of benzene rings is 1. The molecule has 4 nitrogen and oxygen atoms in total. The molecule has 0 amide bonds. The molecule has 0 aliphatic rings. The van der Waals surface area contributed by atoms with Gasteiger partial charge < -0.3 is 10.2 Å². The zero-order chi connectivity index (χ0) is 10.8. The normalized spacial score (nSPS) is 11.0. The van der Waals surface area contributed by atoms with Gasteiger partial charge in [-0.25, -0.2) is 4.79 Å². The summed E-state index contributed by atoms with van der Waals surface area (Å²) < 4.78 is 6.71. The molecule has 5 heteroatoms. The van der Waals surface area contributed by atoms with Gasteiger partial charge in [-0.3, -0.25) is 4.57 Å². The quantitative estimate of drug-likeness (QED) is 0.803. The standard InChI is InChI=1S/C10H12N2O2S/c1-15-5-4-12-8-6-7(11)2-3-9(8)14-10(12)13/h2-3,6H,4-5,11H2,1H3. The molecule has 0 aliphatic heterocycles. The highest BCUT2D eigenvalue weighted by atomic mass is 32.2. The van der Waals surface area contributed by atoms with E-state index in [-0.39, 0.29) is 5.76 Å². The van der Waals surface area contributed by atoms with Gasteiger partial charge in [0.05, 0.1) is 5.52 Å². The van der Waals surface area contributed by atoms with Crippen molar-refractivity contribution in [2.45, 2.75) is 6.54 Å². The Morgan fingerprint density at radius 2 is 2.33 bits per heavy atom. The summed E-state index contributed by atoms with van der Waals surface area (Å²) in [6.45, 7) is 0.649. The first-order valence-corrected chi connectivity index (χ1v) is 5.99. The van der Waals surface area contributed by atoms with E-state index in [1.807, 2.05) is 6.26 Å². The van der Waals surface area contributed by atoms with Crippen molar-refractivity contribution in [3.8, 4) is 0 Å². The molecule has 1 heterocycles. The second-order valence-corrected chi connectivity index (χ2v) is 4.23. The van der Waals surface area contributed by atoms with Crippen LogP contribution in [0.2, 0.25) is 0 Å². The molecule has 0 spiro atoms. The fourth-order valence-corrected chi connectivity index (χ4v) is 1.84. The van der Waals surface area contributed by atoms with E-state index in [0.29, 0.717) is 17.8 Å². The van der Waals surface area contributed by atoms with Crippen molar-refractivity contribution in [2.75, 3.05) is 17.7 Å². The summed E-state index contributed by atoms with van der Waals surface area (Å²) in [5, 5.41) is 0. The fraction of sp³-hybridized carbons (Fsp3) is 0.300. The van der Waals surface area contributed by atoms with E-state index in [0.717, 1.165) is 11.3 Å². The second-order valence-electron chi connectivity index (χ2n) is 3.24. The number of nitrogens with two attached hydrogens (primary N) is 1. The molecule has 2 N–H and O–H groups in total. The summed E-state index contributed by atoms with van der Waals surface area (Å²) in [7, 11) is 0. The highest BCUT2D eigenvalue weighted by Gasteiger charge is 2.08. The first kappa shape index (κ1) is 10.2. The first-order chi connectivity index (χ1) is 7.22. The van der Waals surface area contributed by atoms with Crippen molar-refractivity contribution in [1.82, 2.24) is 4.57 Å². The van der Waals surface area contributed by atoms with Crippen LogP contribution in [0.1, 0.15) is 0 Å². The molecule has 1 aromatic carbocycles. The van der Waals surface area contributed by atoms with Gasteiger partial charge in [0.2, 0.25) is 0 Å². The van der Waals surface area contributed by atoms with Gasteiger partial charge >= 0.3 is 5.76 Å². The lowest BCUT2D eigenvalue weighted by Crippen LogP contribution is -2.15. The third-order valence-corrected chi connectivity index (χ3v) is 2.80. The van der Waals surface area contributed by atoms with Crippen molar-refractivity contribution in [3.63, 3.8) is 0 Å². The molecule has 0 atom stereocenters. The van der Waals surface area contributed by atoms with Crippen molar-refractivity contribution in [2.24, 2.45) is 0 Å². The van der Waals surface area contributed by atoms with Gasteiger partial charge in [-0.05, 0) is 24.5 Å². The summed E-state index contributed by atoms with van der Waals surface area (Å²) in [5.41, 5.74) is 7.67. The Balaban J connectivity index is 2.55. The Bertz CT molecular complexity index is 530. The van der Waals surface area contributed by atoms with Crippen LogP contribution >= 0.6 is 11.8 Å². The predicted octanol–water partition coefficient (Wildman–Crippen LogP) is 1.54. The number of fused-ring (bicyclic) bond motifs is 1. The first-order valence-electron chi connectivity index (χ1n) is 4.60. The highest BCUT2D eigenvalue weighted by Crippen LogP contribution is 2.16. The maximum Gasteiger partial charge on any atom is 0.419 e. The number of aryl methyl sites for hydroxylation is 1. The fourth-order valence-electron chi connectivity index (χ4n) is 1.47. The Morgan fingerprint density at radius 1 is 1.53 bits per heavy atom. The van der Waals surface area contributed by atoms with Crippen LogP contribution in [0.3, 0.4) is 0 Å². The number of aromatic nitrogens is 1. The van der Waals surface area contributed by atoms with Gasteiger partial charge in [-0.1, -0.05) is 0 Å². The van der Waals surface area contributed by atoms with E-state index >= 15 is 0 Å². The number of oxazole rings is 1. The summed E-state index contributed by atoms with van der Waals surface area (Å²) in [5.74, 6) is 0.563. The van der Waals surface area contributed by atoms with Gasteiger partial charge in [0.1, 0.15) is 0 Å². The van der Waals surface area contributed by atoms with E-state index in [1.54, 1.807) is 34.5 Å². The summed E-state index contributed by atoms with van der Waals surface area (Å²) in [4.78, 5) is 11.5. The molecule has 0 fully saturated rings. The number of thioether (sulfide) groups is 1. The van der Waals surface area contributed by atoms with Crippen molar-refractivity contribution in [3.05, 3.63) is 28.7 Å². The maximum atomic E-state index is 11.5. The number of nitrogens with zero attached hydrogens (tertiary/aromatic N) is 1. The molecule has 0 aliphatic carbocycles. The van der Waals surface area contributed by atoms with Crippen LogP contribution in [0.15, 0.2) is 27.4 Å². The number of nitrogen functional groups attached to an aromatic ring is 1. The summed E-state index contributed by atoms with van der Waals surface area (Å²) >= 11 is 1.69. The third kappa shape index (κ3) is 1.87. The Morgan fingerprint density at radius 3 is 3.07 bits per heavy atom. The SMILES string of the molecule is CSCCn1c(=O)oc2ccc(N)cc21. The largest absolute Gasteiger partial charge is 0.419 e. The predicted molar refractivity (Wildman–Crippen MR) is 63.3 cm³/mol. The molecule has 0 unspecified atom stereocenters. The van der Waals surface area contributed by atoms with E-state index in [1.165, 1.54) is 0 Å². The molecule has 1 aromatic heterocycles. The maximum absolute atomic E-state index is 11.5. The Hall–Kier alpha value is -1.36.